The minimum absolute atomic E-state index is 0.0712. The summed E-state index contributed by atoms with van der Waals surface area (Å²) in [6.07, 6.45) is 0. The normalized spacial score (nSPS) is 16.2. The van der Waals surface area contributed by atoms with E-state index in [2.05, 4.69) is 15.3 Å². The van der Waals surface area contributed by atoms with Crippen molar-refractivity contribution in [3.8, 4) is 0 Å². The van der Waals surface area contributed by atoms with Gasteiger partial charge in [0.05, 0.1) is 44.9 Å². The van der Waals surface area contributed by atoms with Crippen molar-refractivity contribution in [2.75, 3.05) is 56.1 Å². The number of amides is 2. The largest absolute Gasteiger partial charge is 0.307 e. The van der Waals surface area contributed by atoms with Crippen molar-refractivity contribution in [3.05, 3.63) is 68.7 Å². The predicted octanol–water partition coefficient (Wildman–Crippen LogP) is 5.16. The van der Waals surface area contributed by atoms with E-state index in [9.17, 15) is 27.2 Å². The summed E-state index contributed by atoms with van der Waals surface area (Å²) in [6, 6.07) is 3.77. The first-order chi connectivity index (χ1) is 20.4. The summed E-state index contributed by atoms with van der Waals surface area (Å²) >= 11 is 12.4. The molecule has 2 amide bonds. The molecule has 14 heteroatoms. The zero-order valence-electron chi connectivity index (χ0n) is 23.4. The Balaban J connectivity index is 0.000000171. The summed E-state index contributed by atoms with van der Waals surface area (Å²) < 4.78 is 54.6. The summed E-state index contributed by atoms with van der Waals surface area (Å²) in [4.78, 5) is 37.6. The minimum Gasteiger partial charge on any atom is -0.307 e. The van der Waals surface area contributed by atoms with Gasteiger partial charge >= 0.3 is 0 Å². The molecule has 6 rings (SSSR count). The van der Waals surface area contributed by atoms with Gasteiger partial charge in [0.15, 0.2) is 0 Å². The number of piperazine rings is 2. The molecule has 2 aromatic heterocycles. The van der Waals surface area contributed by atoms with E-state index in [4.69, 9.17) is 23.2 Å². The first-order valence-corrected chi connectivity index (χ1v) is 14.0. The van der Waals surface area contributed by atoms with Gasteiger partial charge in [0.25, 0.3) is 0 Å². The summed E-state index contributed by atoms with van der Waals surface area (Å²) in [5, 5.41) is 3.41. The second-order valence-corrected chi connectivity index (χ2v) is 11.1. The number of fused-ring (bicyclic) bond motifs is 2. The molecular formula is C29H26Cl2F4N6O2. The summed E-state index contributed by atoms with van der Waals surface area (Å²) in [7, 11) is 1.85. The van der Waals surface area contributed by atoms with Gasteiger partial charge in [-0.25, -0.2) is 27.5 Å². The molecule has 0 bridgehead atoms. The second-order valence-electron chi connectivity index (χ2n) is 10.3. The van der Waals surface area contributed by atoms with Gasteiger partial charge in [-0.1, -0.05) is 23.2 Å². The molecule has 43 heavy (non-hydrogen) atoms. The Morgan fingerprint density at radius 1 is 0.744 bits per heavy atom. The fraction of sp³-hybridized carbons (Fsp3) is 0.310. The van der Waals surface area contributed by atoms with Crippen molar-refractivity contribution in [2.24, 2.45) is 0 Å². The van der Waals surface area contributed by atoms with Crippen LogP contribution in [0, 0.1) is 37.1 Å². The van der Waals surface area contributed by atoms with Gasteiger partial charge in [0, 0.05) is 61.6 Å². The van der Waals surface area contributed by atoms with Crippen LogP contribution in [0.5, 0.6) is 0 Å². The molecule has 2 aliphatic heterocycles. The first kappa shape index (κ1) is 30.9. The van der Waals surface area contributed by atoms with E-state index in [1.54, 1.807) is 13.8 Å². The molecule has 2 aliphatic rings. The number of anilines is 2. The van der Waals surface area contributed by atoms with Gasteiger partial charge in [-0.2, -0.15) is 0 Å². The van der Waals surface area contributed by atoms with Gasteiger partial charge < -0.3 is 5.32 Å². The van der Waals surface area contributed by atoms with Crippen LogP contribution in [0.1, 0.15) is 11.1 Å². The Hall–Kier alpha value is -3.58. The lowest BCUT2D eigenvalue weighted by Gasteiger charge is -2.32. The standard InChI is InChI=1S/C15H14ClF2N3O.C14H12ClF2N3O/c1-8-14(16)13-10(18)5-9(17)6-11(13)19-15(8)21-4-3-20(2)7-12(21)22;1-7-13(15)12-9(17)4-8(16)5-10(12)19-14(7)20-3-2-18-6-11(20)21/h5-6H,3-4,7H2,1-2H3;4-5,18H,2-3,6H2,1H3. The molecule has 4 heterocycles. The third kappa shape index (κ3) is 5.97. The van der Waals surface area contributed by atoms with Crippen molar-refractivity contribution >= 4 is 68.5 Å². The highest BCUT2D eigenvalue weighted by molar-refractivity contribution is 6.37. The number of carbonyl (C=O) groups is 2. The number of likely N-dealkylation sites (N-methyl/N-ethyl adjacent to an activating group) is 1. The third-order valence-electron chi connectivity index (χ3n) is 7.30. The van der Waals surface area contributed by atoms with Gasteiger partial charge in [-0.15, -0.1) is 0 Å². The molecule has 4 aromatic rings. The molecular weight excluding hydrogens is 611 g/mol. The maximum Gasteiger partial charge on any atom is 0.242 e. The number of carbonyl (C=O) groups excluding carboxylic acids is 2. The molecule has 0 aliphatic carbocycles. The molecule has 0 radical (unpaired) electrons. The molecule has 0 saturated carbocycles. The van der Waals surface area contributed by atoms with E-state index in [-0.39, 0.29) is 56.8 Å². The van der Waals surface area contributed by atoms with Crippen LogP contribution in [0.25, 0.3) is 21.8 Å². The van der Waals surface area contributed by atoms with Crippen LogP contribution in [0.2, 0.25) is 10.0 Å². The van der Waals surface area contributed by atoms with E-state index < -0.39 is 23.3 Å². The fourth-order valence-corrected chi connectivity index (χ4v) is 5.61. The lowest BCUT2D eigenvalue weighted by atomic mass is 10.1. The van der Waals surface area contributed by atoms with Gasteiger partial charge in [0.1, 0.15) is 34.9 Å². The number of nitrogens with one attached hydrogen (secondary N) is 1. The number of rotatable bonds is 2. The fourth-order valence-electron chi connectivity index (χ4n) is 5.07. The van der Waals surface area contributed by atoms with E-state index in [0.29, 0.717) is 48.9 Å². The number of hydrogen-bond acceptors (Lipinski definition) is 6. The van der Waals surface area contributed by atoms with Crippen LogP contribution in [-0.4, -0.2) is 73.0 Å². The number of pyridine rings is 2. The smallest absolute Gasteiger partial charge is 0.242 e. The third-order valence-corrected chi connectivity index (χ3v) is 8.25. The lowest BCUT2D eigenvalue weighted by molar-refractivity contribution is -0.121. The number of hydrogen-bond donors (Lipinski definition) is 1. The average Bonchev–Trinajstić information content (AvgIpc) is 2.93. The zero-order chi connectivity index (χ0) is 31.2. The Bertz CT molecular complexity index is 1790. The maximum atomic E-state index is 13.9. The molecule has 0 atom stereocenters. The highest BCUT2D eigenvalue weighted by atomic mass is 35.5. The van der Waals surface area contributed by atoms with Crippen molar-refractivity contribution in [1.29, 1.82) is 0 Å². The molecule has 1 N–H and O–H groups in total. The number of halogens is 6. The van der Waals surface area contributed by atoms with E-state index >= 15 is 0 Å². The van der Waals surface area contributed by atoms with Crippen LogP contribution in [0.4, 0.5) is 29.2 Å². The highest BCUT2D eigenvalue weighted by Gasteiger charge is 2.28. The number of nitrogens with zero attached hydrogens (tertiary/aromatic N) is 5. The predicted molar refractivity (Wildman–Crippen MR) is 158 cm³/mol. The minimum atomic E-state index is -0.760. The van der Waals surface area contributed by atoms with Gasteiger partial charge in [-0.3, -0.25) is 24.3 Å². The van der Waals surface area contributed by atoms with Crippen LogP contribution in [-0.2, 0) is 9.59 Å². The Morgan fingerprint density at radius 2 is 1.23 bits per heavy atom. The van der Waals surface area contributed by atoms with Crippen molar-refractivity contribution in [3.63, 3.8) is 0 Å². The van der Waals surface area contributed by atoms with Crippen molar-refractivity contribution in [2.45, 2.75) is 13.8 Å². The highest BCUT2D eigenvalue weighted by Crippen LogP contribution is 2.36. The van der Waals surface area contributed by atoms with Crippen LogP contribution < -0.4 is 15.1 Å². The number of benzene rings is 2. The van der Waals surface area contributed by atoms with E-state index in [0.717, 1.165) is 24.3 Å². The molecule has 2 aromatic carbocycles. The Labute approximate surface area is 254 Å². The van der Waals surface area contributed by atoms with Gasteiger partial charge in [0.2, 0.25) is 11.8 Å². The van der Waals surface area contributed by atoms with Crippen LogP contribution >= 0.6 is 23.2 Å². The van der Waals surface area contributed by atoms with E-state index in [1.807, 2.05) is 11.9 Å². The molecule has 2 fully saturated rings. The molecule has 226 valence electrons. The van der Waals surface area contributed by atoms with E-state index in [1.165, 1.54) is 9.80 Å². The first-order valence-electron chi connectivity index (χ1n) is 13.3. The second kappa shape index (κ2) is 12.2. The molecule has 0 unspecified atom stereocenters. The lowest BCUT2D eigenvalue weighted by Crippen LogP contribution is -2.49. The zero-order valence-corrected chi connectivity index (χ0v) is 24.9. The summed E-state index contributed by atoms with van der Waals surface area (Å²) in [5.74, 6) is -2.53. The SMILES string of the molecule is Cc1c(N2CCN(C)CC2=O)nc2cc(F)cc(F)c2c1Cl.Cc1c(N2CCNCC2=O)nc2cc(F)cc(F)c2c1Cl. The topological polar surface area (TPSA) is 81.7 Å². The van der Waals surface area contributed by atoms with Crippen LogP contribution in [0.15, 0.2) is 24.3 Å². The molecule has 2 saturated heterocycles. The van der Waals surface area contributed by atoms with Crippen molar-refractivity contribution < 1.29 is 27.2 Å². The molecule has 0 spiro atoms. The summed E-state index contributed by atoms with van der Waals surface area (Å²) in [5.41, 5.74) is 1.22. The quantitative estimate of drug-likeness (QED) is 0.306. The Morgan fingerprint density at radius 3 is 1.70 bits per heavy atom. The van der Waals surface area contributed by atoms with Crippen molar-refractivity contribution in [1.82, 2.24) is 20.2 Å². The molecule has 8 nitrogen and oxygen atoms in total. The van der Waals surface area contributed by atoms with Gasteiger partial charge in [-0.05, 0) is 20.9 Å². The Kier molecular flexibility index (Phi) is 8.75. The van der Waals surface area contributed by atoms with Crippen LogP contribution in [0.3, 0.4) is 0 Å². The monoisotopic (exact) mass is 636 g/mol. The summed E-state index contributed by atoms with van der Waals surface area (Å²) in [6.45, 7) is 6.04. The maximum absolute atomic E-state index is 13.9. The average molecular weight is 637 g/mol. The number of aromatic nitrogens is 2.